The normalized spacial score (nSPS) is 28.1. The van der Waals surface area contributed by atoms with Crippen molar-refractivity contribution in [3.63, 3.8) is 0 Å². The van der Waals surface area contributed by atoms with Crippen LogP contribution in [0.25, 0.3) is 0 Å². The Morgan fingerprint density at radius 1 is 1.08 bits per heavy atom. The number of ether oxygens (including phenoxy) is 1. The van der Waals surface area contributed by atoms with Gasteiger partial charge in [-0.2, -0.15) is 0 Å². The topological polar surface area (TPSA) is 86.1 Å². The fraction of sp³-hybridized carbons (Fsp3) is 0.714. The average Bonchev–Trinajstić information content (AvgIpc) is 3.31. The molecule has 37 heavy (non-hydrogen) atoms. The van der Waals surface area contributed by atoms with Crippen molar-refractivity contribution in [2.45, 2.75) is 95.7 Å². The summed E-state index contributed by atoms with van der Waals surface area (Å²) in [4.78, 5) is 26.8. The Labute approximate surface area is 227 Å². The van der Waals surface area contributed by atoms with Gasteiger partial charge in [-0.15, -0.1) is 21.5 Å². The fourth-order valence-electron chi connectivity index (χ4n) is 8.16. The summed E-state index contributed by atoms with van der Waals surface area (Å²) >= 11 is 2.97. The molecule has 0 aromatic carbocycles. The van der Waals surface area contributed by atoms with Crippen LogP contribution in [0.15, 0.2) is 5.16 Å². The molecule has 4 fully saturated rings. The number of carbonyl (C=O) groups is 2. The predicted octanol–water partition coefficient (Wildman–Crippen LogP) is 5.90. The van der Waals surface area contributed by atoms with Crippen molar-refractivity contribution >= 4 is 40.0 Å². The van der Waals surface area contributed by atoms with E-state index in [1.54, 1.807) is 0 Å². The van der Waals surface area contributed by atoms with Gasteiger partial charge in [-0.1, -0.05) is 18.2 Å². The molecule has 4 bridgehead atoms. The molecule has 1 amide bonds. The van der Waals surface area contributed by atoms with E-state index in [1.165, 1.54) is 80.0 Å². The van der Waals surface area contributed by atoms with E-state index in [0.29, 0.717) is 16.0 Å². The van der Waals surface area contributed by atoms with Gasteiger partial charge in [0.05, 0.1) is 18.4 Å². The van der Waals surface area contributed by atoms with Crippen LogP contribution < -0.4 is 5.32 Å². The zero-order valence-corrected chi connectivity index (χ0v) is 23.6. The largest absolute Gasteiger partial charge is 0.465 e. The molecular weight excluding hydrogens is 504 g/mol. The van der Waals surface area contributed by atoms with Gasteiger partial charge >= 0.3 is 5.97 Å². The van der Waals surface area contributed by atoms with Gasteiger partial charge in [0.25, 0.3) is 0 Å². The molecule has 200 valence electrons. The van der Waals surface area contributed by atoms with Crippen molar-refractivity contribution in [1.29, 1.82) is 0 Å². The van der Waals surface area contributed by atoms with E-state index >= 15 is 0 Å². The molecule has 1 N–H and O–H groups in total. The number of thiophene rings is 1. The first-order chi connectivity index (χ1) is 18.0. The Hall–Kier alpha value is -1.87. The highest BCUT2D eigenvalue weighted by Gasteiger charge is 2.51. The maximum Gasteiger partial charge on any atom is 0.341 e. The van der Waals surface area contributed by atoms with E-state index in [0.717, 1.165) is 72.9 Å². The summed E-state index contributed by atoms with van der Waals surface area (Å²) in [5.41, 5.74) is 2.03. The predicted molar refractivity (Wildman–Crippen MR) is 146 cm³/mol. The SMILES string of the molecule is CCn1c(CC23CC4CC(CC(C4)C2)C3)nnc1SCC(=O)Nc1sc2c(c1C(=O)OC)CCCCC2. The summed E-state index contributed by atoms with van der Waals surface area (Å²) in [6.45, 7) is 2.95. The Morgan fingerprint density at radius 3 is 2.46 bits per heavy atom. The lowest BCUT2D eigenvalue weighted by atomic mass is 9.49. The molecule has 0 spiro atoms. The molecule has 5 aliphatic rings. The fourth-order valence-corrected chi connectivity index (χ4v) is 10.3. The van der Waals surface area contributed by atoms with Crippen LogP contribution in [-0.4, -0.2) is 39.5 Å². The number of aromatic nitrogens is 3. The number of amides is 1. The highest BCUT2D eigenvalue weighted by Crippen LogP contribution is 2.61. The monoisotopic (exact) mass is 542 g/mol. The number of thioether (sulfide) groups is 1. The molecule has 0 aliphatic heterocycles. The van der Waals surface area contributed by atoms with Gasteiger partial charge in [0, 0.05) is 17.8 Å². The second-order valence-corrected chi connectivity index (χ2v) is 13.9. The number of rotatable bonds is 8. The van der Waals surface area contributed by atoms with Gasteiger partial charge in [-0.05, 0) is 99.9 Å². The molecule has 7 rings (SSSR count). The summed E-state index contributed by atoms with van der Waals surface area (Å²) in [7, 11) is 1.41. The molecule has 4 saturated carbocycles. The third kappa shape index (κ3) is 4.98. The van der Waals surface area contributed by atoms with Crippen molar-refractivity contribution < 1.29 is 14.3 Å². The summed E-state index contributed by atoms with van der Waals surface area (Å²) in [6.07, 6.45) is 14.6. The van der Waals surface area contributed by atoms with Crippen molar-refractivity contribution in [2.24, 2.45) is 23.2 Å². The molecule has 2 aromatic heterocycles. The van der Waals surface area contributed by atoms with E-state index in [-0.39, 0.29) is 17.6 Å². The van der Waals surface area contributed by atoms with Crippen LogP contribution in [0.4, 0.5) is 5.00 Å². The summed E-state index contributed by atoms with van der Waals surface area (Å²) in [6, 6.07) is 0. The molecule has 5 aliphatic carbocycles. The summed E-state index contributed by atoms with van der Waals surface area (Å²) in [5.74, 6) is 3.60. The van der Waals surface area contributed by atoms with Gasteiger partial charge in [0.15, 0.2) is 5.16 Å². The third-order valence-corrected chi connectivity index (χ3v) is 11.4. The van der Waals surface area contributed by atoms with E-state index in [2.05, 4.69) is 27.0 Å². The van der Waals surface area contributed by atoms with Crippen LogP contribution in [-0.2, 0) is 35.3 Å². The number of carbonyl (C=O) groups excluding carboxylic acids is 2. The Bertz CT molecular complexity index is 1150. The lowest BCUT2D eigenvalue weighted by Gasteiger charge is -2.56. The first-order valence-electron chi connectivity index (χ1n) is 14.0. The number of hydrogen-bond acceptors (Lipinski definition) is 7. The molecule has 0 saturated heterocycles. The van der Waals surface area contributed by atoms with Crippen LogP contribution in [0.1, 0.15) is 91.3 Å². The van der Waals surface area contributed by atoms with Crippen molar-refractivity contribution in [2.75, 3.05) is 18.2 Å². The zero-order valence-electron chi connectivity index (χ0n) is 22.0. The standard InChI is InChI=1S/C28H38N4O3S2/c1-3-32-22(15-28-12-17-9-18(13-28)11-19(10-17)14-28)30-31-27(32)36-16-23(33)29-25-24(26(34)35-2)20-7-5-4-6-8-21(20)37-25/h17-19H,3-16H2,1-2H3,(H,29,33). The van der Waals surface area contributed by atoms with E-state index in [1.807, 2.05) is 0 Å². The molecular formula is C28H38N4O3S2. The number of aryl methyl sites for hydroxylation is 1. The highest BCUT2D eigenvalue weighted by molar-refractivity contribution is 7.99. The highest BCUT2D eigenvalue weighted by atomic mass is 32.2. The average molecular weight is 543 g/mol. The van der Waals surface area contributed by atoms with Crippen molar-refractivity contribution in [3.05, 3.63) is 21.8 Å². The smallest absolute Gasteiger partial charge is 0.341 e. The zero-order chi connectivity index (χ0) is 25.6. The quantitative estimate of drug-likeness (QED) is 0.254. The number of methoxy groups -OCH3 is 1. The molecule has 0 unspecified atom stereocenters. The van der Waals surface area contributed by atoms with Crippen LogP contribution in [0, 0.1) is 23.2 Å². The molecule has 2 heterocycles. The molecule has 2 aromatic rings. The first-order valence-corrected chi connectivity index (χ1v) is 15.8. The minimum absolute atomic E-state index is 0.125. The maximum absolute atomic E-state index is 13.0. The van der Waals surface area contributed by atoms with Gasteiger partial charge < -0.3 is 14.6 Å². The lowest BCUT2D eigenvalue weighted by molar-refractivity contribution is -0.113. The lowest BCUT2D eigenvalue weighted by Crippen LogP contribution is -2.47. The van der Waals surface area contributed by atoms with Gasteiger partial charge in [0.1, 0.15) is 10.8 Å². The van der Waals surface area contributed by atoms with E-state index in [9.17, 15) is 9.59 Å². The van der Waals surface area contributed by atoms with Crippen LogP contribution in [0.3, 0.4) is 0 Å². The Kier molecular flexibility index (Phi) is 7.12. The summed E-state index contributed by atoms with van der Waals surface area (Å²) < 4.78 is 7.29. The minimum Gasteiger partial charge on any atom is -0.465 e. The second-order valence-electron chi connectivity index (χ2n) is 11.8. The van der Waals surface area contributed by atoms with Crippen molar-refractivity contribution in [3.8, 4) is 0 Å². The van der Waals surface area contributed by atoms with E-state index < -0.39 is 0 Å². The van der Waals surface area contributed by atoms with Crippen LogP contribution in [0.5, 0.6) is 0 Å². The minimum atomic E-state index is -0.359. The first kappa shape index (κ1) is 25.4. The number of fused-ring (bicyclic) bond motifs is 1. The summed E-state index contributed by atoms with van der Waals surface area (Å²) in [5, 5.41) is 13.6. The molecule has 9 heteroatoms. The Morgan fingerprint density at radius 2 is 1.78 bits per heavy atom. The Balaban J connectivity index is 1.13. The molecule has 0 radical (unpaired) electrons. The van der Waals surface area contributed by atoms with Crippen molar-refractivity contribution in [1.82, 2.24) is 14.8 Å². The molecule has 7 nitrogen and oxygen atoms in total. The third-order valence-electron chi connectivity index (χ3n) is 9.20. The van der Waals surface area contributed by atoms with Gasteiger partial charge in [0.2, 0.25) is 5.91 Å². The van der Waals surface area contributed by atoms with Gasteiger partial charge in [-0.25, -0.2) is 4.79 Å². The number of esters is 1. The van der Waals surface area contributed by atoms with Crippen LogP contribution in [0.2, 0.25) is 0 Å². The van der Waals surface area contributed by atoms with Gasteiger partial charge in [-0.3, -0.25) is 4.79 Å². The number of nitrogens with one attached hydrogen (secondary N) is 1. The number of nitrogens with zero attached hydrogens (tertiary/aromatic N) is 3. The molecule has 0 atom stereocenters. The van der Waals surface area contributed by atoms with E-state index in [4.69, 9.17) is 4.74 Å². The maximum atomic E-state index is 13.0. The number of anilines is 1. The van der Waals surface area contributed by atoms with Crippen LogP contribution >= 0.6 is 23.1 Å². The second kappa shape index (κ2) is 10.4. The number of hydrogen-bond donors (Lipinski definition) is 1.